The van der Waals surface area contributed by atoms with Crippen LogP contribution in [0.5, 0.6) is 0 Å². The Labute approximate surface area is 87.8 Å². The van der Waals surface area contributed by atoms with Gasteiger partial charge >= 0.3 is 0 Å². The Kier molecular flexibility index (Phi) is 2.30. The van der Waals surface area contributed by atoms with Crippen LogP contribution in [0.25, 0.3) is 0 Å². The molecule has 0 spiro atoms. The van der Waals surface area contributed by atoms with Gasteiger partial charge in [-0.25, -0.2) is 0 Å². The lowest BCUT2D eigenvalue weighted by molar-refractivity contribution is 0.581. The maximum atomic E-state index is 12.0. The molecule has 0 saturated heterocycles. The molecule has 1 aromatic rings. The minimum atomic E-state index is -0.104. The monoisotopic (exact) mass is 206 g/mol. The molecule has 0 bridgehead atoms. The molecule has 0 radical (unpaired) electrons. The molecule has 0 aromatic carbocycles. The molecule has 0 aliphatic carbocycles. The van der Waals surface area contributed by atoms with E-state index in [9.17, 15) is 4.79 Å². The molecule has 5 nitrogen and oxygen atoms in total. The first-order valence-electron chi connectivity index (χ1n) is 4.96. The molecule has 80 valence electrons. The van der Waals surface area contributed by atoms with Crippen LogP contribution in [0.4, 0.5) is 5.82 Å². The van der Waals surface area contributed by atoms with Crippen LogP contribution in [-0.4, -0.2) is 21.8 Å². The zero-order valence-electron chi connectivity index (χ0n) is 8.95. The largest absolute Gasteiger partial charge is 0.367 e. The van der Waals surface area contributed by atoms with Gasteiger partial charge in [0.25, 0.3) is 5.56 Å². The zero-order chi connectivity index (χ0) is 11.0. The summed E-state index contributed by atoms with van der Waals surface area (Å²) in [7, 11) is 1.67. The maximum Gasteiger partial charge on any atom is 0.297 e. The number of nitrogens with one attached hydrogen (secondary N) is 1. The van der Waals surface area contributed by atoms with Gasteiger partial charge in [0.15, 0.2) is 0 Å². The lowest BCUT2D eigenvalue weighted by Crippen LogP contribution is -2.28. The molecule has 1 unspecified atom stereocenters. The minimum Gasteiger partial charge on any atom is -0.367 e. The Morgan fingerprint density at radius 2 is 2.33 bits per heavy atom. The summed E-state index contributed by atoms with van der Waals surface area (Å²) in [6, 6.07) is 0.0788. The van der Waals surface area contributed by atoms with E-state index in [0.29, 0.717) is 5.82 Å². The summed E-state index contributed by atoms with van der Waals surface area (Å²) in [4.78, 5) is 12.0. The van der Waals surface area contributed by atoms with Crippen molar-refractivity contribution in [1.82, 2.24) is 14.8 Å². The Morgan fingerprint density at radius 3 is 2.93 bits per heavy atom. The van der Waals surface area contributed by atoms with Gasteiger partial charge in [-0.15, -0.1) is 10.2 Å². The molecule has 5 heteroatoms. The van der Waals surface area contributed by atoms with E-state index in [1.807, 2.05) is 6.92 Å². The van der Waals surface area contributed by atoms with Gasteiger partial charge in [0.1, 0.15) is 5.82 Å². The summed E-state index contributed by atoms with van der Waals surface area (Å²) >= 11 is 0. The molecule has 1 aliphatic heterocycles. The van der Waals surface area contributed by atoms with Crippen LogP contribution in [0.15, 0.2) is 16.9 Å². The molecular weight excluding hydrogens is 192 g/mol. The van der Waals surface area contributed by atoms with Gasteiger partial charge in [0.2, 0.25) is 5.82 Å². The van der Waals surface area contributed by atoms with E-state index < -0.39 is 0 Å². The van der Waals surface area contributed by atoms with Crippen molar-refractivity contribution in [3.8, 4) is 0 Å². The highest BCUT2D eigenvalue weighted by atomic mass is 16.1. The van der Waals surface area contributed by atoms with Gasteiger partial charge in [-0.2, -0.15) is 0 Å². The van der Waals surface area contributed by atoms with Crippen LogP contribution in [0.3, 0.4) is 0 Å². The van der Waals surface area contributed by atoms with Crippen LogP contribution in [0.1, 0.15) is 25.2 Å². The van der Waals surface area contributed by atoms with Gasteiger partial charge in [-0.3, -0.25) is 9.36 Å². The number of anilines is 1. The number of rotatable bonds is 2. The van der Waals surface area contributed by atoms with Gasteiger partial charge in [0, 0.05) is 13.5 Å². The Balaban J connectivity index is 2.60. The Bertz CT molecular complexity index is 463. The quantitative estimate of drug-likeness (QED) is 0.725. The molecule has 2 heterocycles. The molecule has 0 saturated carbocycles. The van der Waals surface area contributed by atoms with Crippen molar-refractivity contribution in [2.75, 3.05) is 12.4 Å². The van der Waals surface area contributed by atoms with Crippen LogP contribution >= 0.6 is 0 Å². The third-order valence-corrected chi connectivity index (χ3v) is 2.72. The van der Waals surface area contributed by atoms with Gasteiger partial charge in [0.05, 0.1) is 6.04 Å². The molecule has 1 aliphatic rings. The third kappa shape index (κ3) is 1.44. The normalized spacial score (nSPS) is 18.7. The topological polar surface area (TPSA) is 59.8 Å². The number of aryl methyl sites for hydroxylation is 1. The van der Waals surface area contributed by atoms with E-state index in [2.05, 4.69) is 22.1 Å². The van der Waals surface area contributed by atoms with Gasteiger partial charge < -0.3 is 5.32 Å². The molecule has 0 fully saturated rings. The Hall–Kier alpha value is -1.65. The fourth-order valence-corrected chi connectivity index (χ4v) is 1.94. The summed E-state index contributed by atoms with van der Waals surface area (Å²) in [5.74, 6) is 1.05. The number of hydrogen-bond acceptors (Lipinski definition) is 4. The number of hydrogen-bond donors (Lipinski definition) is 1. The highest BCUT2D eigenvalue weighted by molar-refractivity contribution is 5.30. The van der Waals surface area contributed by atoms with Gasteiger partial charge in [-0.05, 0) is 13.3 Å². The van der Waals surface area contributed by atoms with Crippen molar-refractivity contribution >= 4 is 5.82 Å². The number of fused-ring (bicyclic) bond motifs is 1. The number of nitrogens with zero attached hydrogens (tertiary/aromatic N) is 3. The first-order chi connectivity index (χ1) is 7.15. The zero-order valence-corrected chi connectivity index (χ0v) is 8.95. The van der Waals surface area contributed by atoms with E-state index in [1.54, 1.807) is 11.6 Å². The second-order valence-electron chi connectivity index (χ2n) is 3.79. The average molecular weight is 206 g/mol. The van der Waals surface area contributed by atoms with E-state index >= 15 is 0 Å². The summed E-state index contributed by atoms with van der Waals surface area (Å²) < 4.78 is 1.70. The maximum absolute atomic E-state index is 12.0. The fraction of sp³-hybridized carbons (Fsp3) is 0.500. The van der Waals surface area contributed by atoms with Crippen LogP contribution < -0.4 is 10.9 Å². The minimum absolute atomic E-state index is 0.0788. The molecule has 15 heavy (non-hydrogen) atoms. The summed E-state index contributed by atoms with van der Waals surface area (Å²) in [6.07, 6.45) is 1.69. The van der Waals surface area contributed by atoms with Crippen LogP contribution in [-0.2, 0) is 6.42 Å². The standard InChI is InChI=1S/C10H14N4O/c1-6(2)7-4-5-8-12-13-9(11-3)10(15)14(7)8/h7H,1,4-5H2,2-3H3,(H,11,13). The summed E-state index contributed by atoms with van der Waals surface area (Å²) in [6.45, 7) is 5.84. The average Bonchev–Trinajstić information content (AvgIpc) is 2.63. The Morgan fingerprint density at radius 1 is 1.60 bits per heavy atom. The lowest BCUT2D eigenvalue weighted by atomic mass is 10.1. The highest BCUT2D eigenvalue weighted by Crippen LogP contribution is 2.27. The predicted octanol–water partition coefficient (Wildman–Crippen LogP) is 0.743. The van der Waals surface area contributed by atoms with E-state index in [4.69, 9.17) is 0 Å². The van der Waals surface area contributed by atoms with E-state index in [-0.39, 0.29) is 11.6 Å². The van der Waals surface area contributed by atoms with E-state index in [1.165, 1.54) is 0 Å². The van der Waals surface area contributed by atoms with E-state index in [0.717, 1.165) is 24.2 Å². The SMILES string of the molecule is C=C(C)C1CCc2nnc(NC)c(=O)n21. The van der Waals surface area contributed by atoms with Crippen molar-refractivity contribution in [1.29, 1.82) is 0 Å². The van der Waals surface area contributed by atoms with Crippen molar-refractivity contribution < 1.29 is 0 Å². The fourth-order valence-electron chi connectivity index (χ4n) is 1.94. The second kappa shape index (κ2) is 3.49. The van der Waals surface area contributed by atoms with Crippen molar-refractivity contribution in [3.05, 3.63) is 28.3 Å². The molecule has 1 aromatic heterocycles. The third-order valence-electron chi connectivity index (χ3n) is 2.72. The predicted molar refractivity (Wildman–Crippen MR) is 58.0 cm³/mol. The second-order valence-corrected chi connectivity index (χ2v) is 3.79. The van der Waals surface area contributed by atoms with Crippen LogP contribution in [0.2, 0.25) is 0 Å². The van der Waals surface area contributed by atoms with Crippen molar-refractivity contribution in [3.63, 3.8) is 0 Å². The molecule has 2 rings (SSSR count). The first kappa shape index (κ1) is 9.89. The summed E-state index contributed by atoms with van der Waals surface area (Å²) in [5.41, 5.74) is 0.888. The van der Waals surface area contributed by atoms with Crippen LogP contribution in [0, 0.1) is 0 Å². The smallest absolute Gasteiger partial charge is 0.297 e. The first-order valence-corrected chi connectivity index (χ1v) is 4.96. The van der Waals surface area contributed by atoms with Gasteiger partial charge in [-0.1, -0.05) is 12.2 Å². The molecule has 0 amide bonds. The number of aromatic nitrogens is 3. The highest BCUT2D eigenvalue weighted by Gasteiger charge is 2.26. The lowest BCUT2D eigenvalue weighted by Gasteiger charge is -2.13. The van der Waals surface area contributed by atoms with Crippen molar-refractivity contribution in [2.24, 2.45) is 0 Å². The summed E-state index contributed by atoms with van der Waals surface area (Å²) in [5, 5.41) is 10.6. The molecule has 1 atom stereocenters. The molecular formula is C10H14N4O. The van der Waals surface area contributed by atoms with Crippen molar-refractivity contribution in [2.45, 2.75) is 25.8 Å². The number of allylic oxidation sites excluding steroid dienone is 1. The molecule has 1 N–H and O–H groups in total.